The Labute approximate surface area is 130 Å². The van der Waals surface area contributed by atoms with Gasteiger partial charge in [0.05, 0.1) is 5.56 Å². The summed E-state index contributed by atoms with van der Waals surface area (Å²) < 4.78 is 27.6. The summed E-state index contributed by atoms with van der Waals surface area (Å²) in [6, 6.07) is 3.66. The van der Waals surface area contributed by atoms with E-state index in [2.05, 4.69) is 4.98 Å². The molecule has 0 bridgehead atoms. The second kappa shape index (κ2) is 6.10. The fraction of sp³-hybridized carbons (Fsp3) is 0.333. The van der Waals surface area contributed by atoms with Crippen molar-refractivity contribution < 1.29 is 13.6 Å². The standard InChI is InChI=1S/C15H15F2N3OS/c16-10-4-1-5-11(17)13(10)14-19-12(8-22-14)15(21)20-6-2-3-9(20)7-18/h1,4-5,8-9H,2-3,6-7,18H2. The van der Waals surface area contributed by atoms with Crippen LogP contribution < -0.4 is 5.73 Å². The molecular weight excluding hydrogens is 308 g/mol. The number of nitrogens with zero attached hydrogens (tertiary/aromatic N) is 2. The van der Waals surface area contributed by atoms with E-state index < -0.39 is 11.6 Å². The molecule has 0 saturated carbocycles. The maximum atomic E-state index is 13.8. The van der Waals surface area contributed by atoms with Crippen LogP contribution in [-0.2, 0) is 0 Å². The molecule has 1 saturated heterocycles. The molecule has 1 fully saturated rings. The van der Waals surface area contributed by atoms with Crippen LogP contribution in [-0.4, -0.2) is 34.9 Å². The van der Waals surface area contributed by atoms with Gasteiger partial charge in [0.2, 0.25) is 0 Å². The second-order valence-electron chi connectivity index (χ2n) is 5.16. The van der Waals surface area contributed by atoms with Crippen molar-refractivity contribution in [1.82, 2.24) is 9.88 Å². The number of amides is 1. The van der Waals surface area contributed by atoms with E-state index >= 15 is 0 Å². The molecule has 1 aliphatic rings. The third kappa shape index (κ3) is 2.62. The molecule has 0 radical (unpaired) electrons. The van der Waals surface area contributed by atoms with Crippen LogP contribution in [0.15, 0.2) is 23.6 Å². The van der Waals surface area contributed by atoms with Gasteiger partial charge in [-0.2, -0.15) is 0 Å². The lowest BCUT2D eigenvalue weighted by molar-refractivity contribution is 0.0736. The minimum Gasteiger partial charge on any atom is -0.333 e. The summed E-state index contributed by atoms with van der Waals surface area (Å²) in [6.45, 7) is 1.05. The van der Waals surface area contributed by atoms with E-state index in [9.17, 15) is 13.6 Å². The molecule has 1 amide bonds. The van der Waals surface area contributed by atoms with Crippen molar-refractivity contribution in [2.75, 3.05) is 13.1 Å². The van der Waals surface area contributed by atoms with Gasteiger partial charge in [-0.25, -0.2) is 13.8 Å². The summed E-state index contributed by atoms with van der Waals surface area (Å²) in [6.07, 6.45) is 1.79. The third-order valence-corrected chi connectivity index (χ3v) is 4.67. The Kier molecular flexibility index (Phi) is 4.17. The van der Waals surface area contributed by atoms with Gasteiger partial charge in [-0.05, 0) is 25.0 Å². The fourth-order valence-electron chi connectivity index (χ4n) is 2.68. The quantitative estimate of drug-likeness (QED) is 0.945. The summed E-state index contributed by atoms with van der Waals surface area (Å²) in [4.78, 5) is 18.3. The molecule has 4 nitrogen and oxygen atoms in total. The monoisotopic (exact) mass is 323 g/mol. The minimum atomic E-state index is -0.686. The average Bonchev–Trinajstić information content (AvgIpc) is 3.15. The predicted molar refractivity (Wildman–Crippen MR) is 80.6 cm³/mol. The van der Waals surface area contributed by atoms with E-state index in [-0.39, 0.29) is 28.2 Å². The third-order valence-electron chi connectivity index (χ3n) is 3.81. The SMILES string of the molecule is NCC1CCCN1C(=O)c1csc(-c2c(F)cccc2F)n1. The Morgan fingerprint density at radius 3 is 2.82 bits per heavy atom. The van der Waals surface area contributed by atoms with Crippen LogP contribution in [0.4, 0.5) is 8.78 Å². The zero-order valence-electron chi connectivity index (χ0n) is 11.8. The summed E-state index contributed by atoms with van der Waals surface area (Å²) in [7, 11) is 0. The Morgan fingerprint density at radius 1 is 1.41 bits per heavy atom. The van der Waals surface area contributed by atoms with Crippen molar-refractivity contribution in [3.8, 4) is 10.6 Å². The van der Waals surface area contributed by atoms with Crippen molar-refractivity contribution in [1.29, 1.82) is 0 Å². The summed E-state index contributed by atoms with van der Waals surface area (Å²) >= 11 is 1.06. The molecule has 2 aromatic rings. The summed E-state index contributed by atoms with van der Waals surface area (Å²) in [5.74, 6) is -1.60. The number of carbonyl (C=O) groups excluding carboxylic acids is 1. The normalized spacial score (nSPS) is 18.0. The Bertz CT molecular complexity index is 684. The van der Waals surface area contributed by atoms with E-state index in [4.69, 9.17) is 5.73 Å². The second-order valence-corrected chi connectivity index (χ2v) is 6.02. The van der Waals surface area contributed by atoms with Gasteiger partial charge in [0, 0.05) is 24.5 Å². The first-order valence-electron chi connectivity index (χ1n) is 7.02. The lowest BCUT2D eigenvalue weighted by Crippen LogP contribution is -2.40. The maximum absolute atomic E-state index is 13.8. The van der Waals surface area contributed by atoms with E-state index in [1.165, 1.54) is 23.6 Å². The highest BCUT2D eigenvalue weighted by Crippen LogP contribution is 2.30. The number of thiazole rings is 1. The van der Waals surface area contributed by atoms with Crippen molar-refractivity contribution in [2.45, 2.75) is 18.9 Å². The van der Waals surface area contributed by atoms with Gasteiger partial charge in [-0.1, -0.05) is 6.07 Å². The van der Waals surface area contributed by atoms with E-state index in [0.29, 0.717) is 13.1 Å². The minimum absolute atomic E-state index is 0.0165. The molecule has 0 spiro atoms. The number of halogens is 2. The fourth-order valence-corrected chi connectivity index (χ4v) is 3.52. The molecule has 116 valence electrons. The largest absolute Gasteiger partial charge is 0.333 e. The van der Waals surface area contributed by atoms with Crippen LogP contribution in [0.2, 0.25) is 0 Å². The number of aromatic nitrogens is 1. The summed E-state index contributed by atoms with van der Waals surface area (Å²) in [5.41, 5.74) is 5.68. The molecule has 2 N–H and O–H groups in total. The molecule has 1 atom stereocenters. The maximum Gasteiger partial charge on any atom is 0.273 e. The first-order chi connectivity index (χ1) is 10.6. The predicted octanol–water partition coefficient (Wildman–Crippen LogP) is 2.65. The van der Waals surface area contributed by atoms with Crippen molar-refractivity contribution in [3.63, 3.8) is 0 Å². The number of likely N-dealkylation sites (tertiary alicyclic amines) is 1. The number of benzene rings is 1. The Hall–Kier alpha value is -1.86. The molecule has 1 aliphatic heterocycles. The van der Waals surface area contributed by atoms with Crippen LogP contribution in [0, 0.1) is 11.6 Å². The first-order valence-corrected chi connectivity index (χ1v) is 7.90. The zero-order valence-corrected chi connectivity index (χ0v) is 12.6. The van der Waals surface area contributed by atoms with Gasteiger partial charge in [-0.15, -0.1) is 11.3 Å². The molecule has 3 rings (SSSR count). The van der Waals surface area contributed by atoms with Crippen molar-refractivity contribution in [3.05, 3.63) is 40.9 Å². The average molecular weight is 323 g/mol. The molecule has 1 aromatic heterocycles. The highest BCUT2D eigenvalue weighted by atomic mass is 32.1. The number of rotatable bonds is 3. The molecule has 0 aliphatic carbocycles. The highest BCUT2D eigenvalue weighted by Gasteiger charge is 2.30. The van der Waals surface area contributed by atoms with E-state index in [1.807, 2.05) is 0 Å². The van der Waals surface area contributed by atoms with Crippen LogP contribution in [0.3, 0.4) is 0 Å². The van der Waals surface area contributed by atoms with Crippen LogP contribution >= 0.6 is 11.3 Å². The van der Waals surface area contributed by atoms with Gasteiger partial charge in [0.15, 0.2) is 0 Å². The van der Waals surface area contributed by atoms with Gasteiger partial charge in [-0.3, -0.25) is 4.79 Å². The van der Waals surface area contributed by atoms with Crippen LogP contribution in [0.5, 0.6) is 0 Å². The van der Waals surface area contributed by atoms with Gasteiger partial charge < -0.3 is 10.6 Å². The molecular formula is C15H15F2N3OS. The van der Waals surface area contributed by atoms with Gasteiger partial charge in [0.1, 0.15) is 22.3 Å². The molecule has 2 heterocycles. The van der Waals surface area contributed by atoms with E-state index in [1.54, 1.807) is 4.90 Å². The van der Waals surface area contributed by atoms with Gasteiger partial charge >= 0.3 is 0 Å². The first kappa shape index (κ1) is 15.1. The molecule has 1 aromatic carbocycles. The van der Waals surface area contributed by atoms with Gasteiger partial charge in [0.25, 0.3) is 5.91 Å². The number of hydrogen-bond donors (Lipinski definition) is 1. The van der Waals surface area contributed by atoms with Crippen LogP contribution in [0.25, 0.3) is 10.6 Å². The number of nitrogens with two attached hydrogens (primary N) is 1. The van der Waals surface area contributed by atoms with Crippen LogP contribution in [0.1, 0.15) is 23.3 Å². The number of hydrogen-bond acceptors (Lipinski definition) is 4. The molecule has 22 heavy (non-hydrogen) atoms. The van der Waals surface area contributed by atoms with Crippen molar-refractivity contribution in [2.24, 2.45) is 5.73 Å². The Balaban J connectivity index is 1.89. The topological polar surface area (TPSA) is 59.2 Å². The molecule has 1 unspecified atom stereocenters. The Morgan fingerprint density at radius 2 is 2.14 bits per heavy atom. The molecule has 7 heteroatoms. The van der Waals surface area contributed by atoms with E-state index in [0.717, 1.165) is 24.2 Å². The van der Waals surface area contributed by atoms with Crippen molar-refractivity contribution >= 4 is 17.2 Å². The number of carbonyl (C=O) groups is 1. The smallest absolute Gasteiger partial charge is 0.273 e. The zero-order chi connectivity index (χ0) is 15.7. The lowest BCUT2D eigenvalue weighted by atomic mass is 10.2. The summed E-state index contributed by atoms with van der Waals surface area (Å²) in [5, 5.41) is 1.71. The lowest BCUT2D eigenvalue weighted by Gasteiger charge is -2.22. The highest BCUT2D eigenvalue weighted by molar-refractivity contribution is 7.13.